The lowest BCUT2D eigenvalue weighted by Crippen LogP contribution is -2.35. The van der Waals surface area contributed by atoms with Gasteiger partial charge in [0.15, 0.2) is 9.84 Å². The van der Waals surface area contributed by atoms with Crippen LogP contribution < -0.4 is 5.32 Å². The van der Waals surface area contributed by atoms with Gasteiger partial charge in [-0.05, 0) is 30.2 Å². The largest absolute Gasteiger partial charge is 0.372 e. The van der Waals surface area contributed by atoms with Gasteiger partial charge >= 0.3 is 0 Å². The molecular formula is C14H21NO3S. The van der Waals surface area contributed by atoms with E-state index in [2.05, 4.69) is 11.4 Å². The van der Waals surface area contributed by atoms with Crippen molar-refractivity contribution in [2.24, 2.45) is 0 Å². The standard InChI is InChI=1S/C14H21NO3S/c1-4-15-14(10(2)19(3,16)17)11-5-6-12-8-18-9-13(12)7-11/h5-7,10,14-15H,4,8-9H2,1-3H3. The molecule has 4 nitrogen and oxygen atoms in total. The predicted molar refractivity (Wildman–Crippen MR) is 75.7 cm³/mol. The van der Waals surface area contributed by atoms with Gasteiger partial charge in [0.1, 0.15) is 0 Å². The van der Waals surface area contributed by atoms with E-state index in [1.807, 2.05) is 19.1 Å². The molecule has 0 aromatic heterocycles. The molecule has 0 spiro atoms. The Bertz CT molecular complexity index is 554. The Labute approximate surface area is 115 Å². The molecule has 1 N–H and O–H groups in total. The molecule has 2 unspecified atom stereocenters. The molecule has 5 heteroatoms. The molecule has 0 amide bonds. The van der Waals surface area contributed by atoms with Crippen LogP contribution >= 0.6 is 0 Å². The summed E-state index contributed by atoms with van der Waals surface area (Å²) in [6.07, 6.45) is 1.29. The van der Waals surface area contributed by atoms with Crippen LogP contribution in [0.4, 0.5) is 0 Å². The van der Waals surface area contributed by atoms with E-state index >= 15 is 0 Å². The first-order valence-electron chi connectivity index (χ1n) is 6.55. The second-order valence-corrected chi connectivity index (χ2v) is 7.49. The summed E-state index contributed by atoms with van der Waals surface area (Å²) in [5, 5.41) is 2.83. The van der Waals surface area contributed by atoms with Crippen LogP contribution in [0.25, 0.3) is 0 Å². The molecule has 2 rings (SSSR count). The Morgan fingerprint density at radius 3 is 2.63 bits per heavy atom. The fraction of sp³-hybridized carbons (Fsp3) is 0.571. The molecular weight excluding hydrogens is 262 g/mol. The van der Waals surface area contributed by atoms with Gasteiger partial charge in [0, 0.05) is 12.3 Å². The Morgan fingerprint density at radius 2 is 2.00 bits per heavy atom. The molecule has 1 aliphatic heterocycles. The zero-order valence-corrected chi connectivity index (χ0v) is 12.5. The van der Waals surface area contributed by atoms with E-state index in [9.17, 15) is 8.42 Å². The summed E-state index contributed by atoms with van der Waals surface area (Å²) in [5.41, 5.74) is 3.39. The van der Waals surface area contributed by atoms with Crippen LogP contribution in [0.2, 0.25) is 0 Å². The van der Waals surface area contributed by atoms with Crippen molar-refractivity contribution >= 4 is 9.84 Å². The van der Waals surface area contributed by atoms with Gasteiger partial charge in [-0.15, -0.1) is 0 Å². The number of benzene rings is 1. The molecule has 0 fully saturated rings. The first kappa shape index (κ1) is 14.5. The maximum Gasteiger partial charge on any atom is 0.151 e. The quantitative estimate of drug-likeness (QED) is 0.895. The number of fused-ring (bicyclic) bond motifs is 1. The SMILES string of the molecule is CCNC(c1ccc2c(c1)COC2)C(C)S(C)(=O)=O. The fourth-order valence-electron chi connectivity index (χ4n) is 2.41. The van der Waals surface area contributed by atoms with Gasteiger partial charge in [0.05, 0.1) is 18.5 Å². The van der Waals surface area contributed by atoms with E-state index < -0.39 is 15.1 Å². The molecule has 1 aromatic rings. The minimum absolute atomic E-state index is 0.175. The molecule has 2 atom stereocenters. The number of nitrogens with one attached hydrogen (secondary N) is 1. The Kier molecular flexibility index (Phi) is 4.28. The van der Waals surface area contributed by atoms with Gasteiger partial charge in [-0.3, -0.25) is 0 Å². The number of ether oxygens (including phenoxy) is 1. The Morgan fingerprint density at radius 1 is 1.32 bits per heavy atom. The van der Waals surface area contributed by atoms with Crippen LogP contribution in [0.1, 0.15) is 36.6 Å². The molecule has 1 aliphatic rings. The Hall–Kier alpha value is -0.910. The monoisotopic (exact) mass is 283 g/mol. The molecule has 19 heavy (non-hydrogen) atoms. The fourth-order valence-corrected chi connectivity index (χ4v) is 3.16. The predicted octanol–water partition coefficient (Wildman–Crippen LogP) is 1.80. The Balaban J connectivity index is 2.34. The van der Waals surface area contributed by atoms with Crippen molar-refractivity contribution in [1.29, 1.82) is 0 Å². The highest BCUT2D eigenvalue weighted by Crippen LogP contribution is 2.27. The summed E-state index contributed by atoms with van der Waals surface area (Å²) in [6, 6.07) is 5.93. The third-order valence-electron chi connectivity index (χ3n) is 3.67. The summed E-state index contributed by atoms with van der Waals surface area (Å²) < 4.78 is 29.0. The summed E-state index contributed by atoms with van der Waals surface area (Å²) in [6.45, 7) is 5.75. The molecule has 0 saturated carbocycles. The normalized spacial score (nSPS) is 18.1. The summed E-state index contributed by atoms with van der Waals surface area (Å²) in [5.74, 6) is 0. The minimum Gasteiger partial charge on any atom is -0.372 e. The highest BCUT2D eigenvalue weighted by molar-refractivity contribution is 7.91. The lowest BCUT2D eigenvalue weighted by Gasteiger charge is -2.24. The van der Waals surface area contributed by atoms with Crippen LogP contribution in [0, 0.1) is 0 Å². The third kappa shape index (κ3) is 3.16. The van der Waals surface area contributed by atoms with Crippen LogP contribution in [-0.4, -0.2) is 26.5 Å². The van der Waals surface area contributed by atoms with Crippen LogP contribution in [0.5, 0.6) is 0 Å². The summed E-state index contributed by atoms with van der Waals surface area (Å²) >= 11 is 0. The molecule has 0 bridgehead atoms. The second-order valence-electron chi connectivity index (χ2n) is 5.09. The molecule has 0 radical (unpaired) electrons. The lowest BCUT2D eigenvalue weighted by molar-refractivity contribution is 0.134. The van der Waals surface area contributed by atoms with Crippen molar-refractivity contribution in [3.8, 4) is 0 Å². The van der Waals surface area contributed by atoms with E-state index in [0.29, 0.717) is 13.2 Å². The van der Waals surface area contributed by atoms with Gasteiger partial charge in [-0.2, -0.15) is 0 Å². The second kappa shape index (κ2) is 5.61. The molecule has 0 aliphatic carbocycles. The van der Waals surface area contributed by atoms with E-state index in [-0.39, 0.29) is 6.04 Å². The van der Waals surface area contributed by atoms with Crippen molar-refractivity contribution in [3.05, 3.63) is 34.9 Å². The first-order chi connectivity index (χ1) is 8.93. The van der Waals surface area contributed by atoms with Gasteiger partial charge in [0.2, 0.25) is 0 Å². The highest BCUT2D eigenvalue weighted by Gasteiger charge is 2.27. The number of rotatable bonds is 5. The number of sulfone groups is 1. The minimum atomic E-state index is -3.08. The van der Waals surface area contributed by atoms with E-state index in [1.54, 1.807) is 6.92 Å². The van der Waals surface area contributed by atoms with Gasteiger partial charge in [-0.1, -0.05) is 25.1 Å². The van der Waals surface area contributed by atoms with E-state index in [4.69, 9.17) is 4.74 Å². The van der Waals surface area contributed by atoms with Gasteiger partial charge < -0.3 is 10.1 Å². The third-order valence-corrected chi connectivity index (χ3v) is 5.30. The van der Waals surface area contributed by atoms with Crippen molar-refractivity contribution in [2.75, 3.05) is 12.8 Å². The average molecular weight is 283 g/mol. The van der Waals surface area contributed by atoms with Crippen LogP contribution in [0.3, 0.4) is 0 Å². The van der Waals surface area contributed by atoms with Crippen molar-refractivity contribution in [1.82, 2.24) is 5.32 Å². The van der Waals surface area contributed by atoms with E-state index in [0.717, 1.165) is 12.1 Å². The molecule has 1 heterocycles. The number of hydrogen-bond acceptors (Lipinski definition) is 4. The van der Waals surface area contributed by atoms with Crippen molar-refractivity contribution < 1.29 is 13.2 Å². The van der Waals surface area contributed by atoms with Crippen molar-refractivity contribution in [3.63, 3.8) is 0 Å². The van der Waals surface area contributed by atoms with Crippen molar-refractivity contribution in [2.45, 2.75) is 38.4 Å². The maximum absolute atomic E-state index is 11.8. The maximum atomic E-state index is 11.8. The lowest BCUT2D eigenvalue weighted by atomic mass is 9.99. The highest BCUT2D eigenvalue weighted by atomic mass is 32.2. The molecule has 106 valence electrons. The average Bonchev–Trinajstić information content (AvgIpc) is 2.81. The molecule has 0 saturated heterocycles. The zero-order chi connectivity index (χ0) is 14.0. The summed E-state index contributed by atoms with van der Waals surface area (Å²) in [4.78, 5) is 0. The number of hydrogen-bond donors (Lipinski definition) is 1. The van der Waals surface area contributed by atoms with Gasteiger partial charge in [-0.25, -0.2) is 8.42 Å². The van der Waals surface area contributed by atoms with E-state index in [1.165, 1.54) is 17.4 Å². The smallest absolute Gasteiger partial charge is 0.151 e. The van der Waals surface area contributed by atoms with Crippen LogP contribution in [0.15, 0.2) is 18.2 Å². The van der Waals surface area contributed by atoms with Crippen LogP contribution in [-0.2, 0) is 27.8 Å². The topological polar surface area (TPSA) is 55.4 Å². The summed E-state index contributed by atoms with van der Waals surface area (Å²) in [7, 11) is -3.08. The van der Waals surface area contributed by atoms with Gasteiger partial charge in [0.25, 0.3) is 0 Å². The zero-order valence-electron chi connectivity index (χ0n) is 11.6. The molecule has 1 aromatic carbocycles. The first-order valence-corrected chi connectivity index (χ1v) is 8.50.